The molecule has 0 amide bonds. The van der Waals surface area contributed by atoms with Crippen LogP contribution in [0, 0.1) is 0 Å². The van der Waals surface area contributed by atoms with E-state index in [0.717, 1.165) is 72.3 Å². The first-order valence-corrected chi connectivity index (χ1v) is 21.2. The number of hydrogen-bond donors (Lipinski definition) is 0. The van der Waals surface area contributed by atoms with E-state index in [4.69, 9.17) is 9.97 Å². The van der Waals surface area contributed by atoms with Gasteiger partial charge in [0.05, 0.1) is 33.5 Å². The van der Waals surface area contributed by atoms with Gasteiger partial charge in [0.1, 0.15) is 0 Å². The van der Waals surface area contributed by atoms with Crippen LogP contribution in [0.3, 0.4) is 0 Å². The lowest BCUT2D eigenvalue weighted by Gasteiger charge is -2.17. The SMILES string of the molecule is c1ccc(-c2nc(-c3cc(-n4c5ccccc5c5ccccc54)cc(-n4c5ccccc5c5ccccc54)c3)cc(-c3c4ccccc4cc4c3ccc3ccccc34)n2)cc1. The van der Waals surface area contributed by atoms with Gasteiger partial charge in [-0.05, 0) is 86.9 Å². The van der Waals surface area contributed by atoms with Crippen molar-refractivity contribution in [3.8, 4) is 45.3 Å². The zero-order valence-corrected chi connectivity index (χ0v) is 33.6. The Balaban J connectivity index is 1.15. The van der Waals surface area contributed by atoms with Crippen LogP contribution in [0.25, 0.3) is 121 Å². The summed E-state index contributed by atoms with van der Waals surface area (Å²) in [6, 6.07) is 78.7. The molecule has 0 saturated carbocycles. The minimum absolute atomic E-state index is 0.681. The van der Waals surface area contributed by atoms with E-state index < -0.39 is 0 Å². The molecule has 4 heteroatoms. The van der Waals surface area contributed by atoms with E-state index >= 15 is 0 Å². The molecular weight excluding hydrogens is 753 g/mol. The molecule has 0 aliphatic rings. The molecule has 288 valence electrons. The third-order valence-corrected chi connectivity index (χ3v) is 12.7. The Hall–Kier alpha value is -8.34. The zero-order valence-electron chi connectivity index (χ0n) is 33.6. The van der Waals surface area contributed by atoms with Gasteiger partial charge in [-0.15, -0.1) is 0 Å². The standard InChI is InChI=1S/C58H36N4/c1-2-17-38(18-3-1)58-59-51(36-52(60-58)57-44-21-7-5-19-39(44)34-50-43-20-6-4-16-37(43)30-31-49(50)57)40-32-41(61-53-26-12-8-22-45(53)46-23-9-13-27-54(46)61)35-42(33-40)62-55-28-14-10-24-47(55)48-25-11-15-29-56(48)62/h1-36H. The van der Waals surface area contributed by atoms with E-state index in [1.54, 1.807) is 0 Å². The van der Waals surface area contributed by atoms with Gasteiger partial charge in [-0.2, -0.15) is 0 Å². The summed E-state index contributed by atoms with van der Waals surface area (Å²) >= 11 is 0. The van der Waals surface area contributed by atoms with Crippen LogP contribution in [0.5, 0.6) is 0 Å². The second-order valence-electron chi connectivity index (χ2n) is 16.2. The second kappa shape index (κ2) is 13.6. The number of rotatable bonds is 5. The molecule has 0 spiro atoms. The minimum atomic E-state index is 0.681. The quantitative estimate of drug-likeness (QED) is 0.129. The average Bonchev–Trinajstić information content (AvgIpc) is 3.86. The van der Waals surface area contributed by atoms with Gasteiger partial charge in [-0.25, -0.2) is 9.97 Å². The third-order valence-electron chi connectivity index (χ3n) is 12.7. The van der Waals surface area contributed by atoms with E-state index in [9.17, 15) is 0 Å². The van der Waals surface area contributed by atoms with Crippen LogP contribution in [-0.4, -0.2) is 19.1 Å². The first-order valence-electron chi connectivity index (χ1n) is 21.2. The molecule has 0 bridgehead atoms. The van der Waals surface area contributed by atoms with Gasteiger partial charge >= 0.3 is 0 Å². The highest BCUT2D eigenvalue weighted by Crippen LogP contribution is 2.42. The Morgan fingerprint density at radius 2 is 0.742 bits per heavy atom. The van der Waals surface area contributed by atoms with Crippen molar-refractivity contribution in [1.29, 1.82) is 0 Å². The number of hydrogen-bond acceptors (Lipinski definition) is 2. The topological polar surface area (TPSA) is 35.6 Å². The lowest BCUT2D eigenvalue weighted by molar-refractivity contribution is 1.13. The van der Waals surface area contributed by atoms with Crippen LogP contribution >= 0.6 is 0 Å². The van der Waals surface area contributed by atoms with E-state index in [2.05, 4.69) is 221 Å². The Labute approximate surface area is 357 Å². The molecule has 0 N–H and O–H groups in total. The van der Waals surface area contributed by atoms with Crippen LogP contribution in [0.4, 0.5) is 0 Å². The van der Waals surface area contributed by atoms with Gasteiger partial charge in [0.2, 0.25) is 0 Å². The van der Waals surface area contributed by atoms with Crippen molar-refractivity contribution in [3.05, 3.63) is 218 Å². The molecular formula is C58H36N4. The molecule has 62 heavy (non-hydrogen) atoms. The molecule has 0 aliphatic carbocycles. The summed E-state index contributed by atoms with van der Waals surface area (Å²) in [4.78, 5) is 10.9. The van der Waals surface area contributed by atoms with Gasteiger partial charge in [-0.3, -0.25) is 0 Å². The minimum Gasteiger partial charge on any atom is -0.309 e. The van der Waals surface area contributed by atoms with Gasteiger partial charge in [-0.1, -0.05) is 164 Å². The fourth-order valence-corrected chi connectivity index (χ4v) is 9.94. The fraction of sp³-hybridized carbons (Fsp3) is 0. The van der Waals surface area contributed by atoms with Gasteiger partial charge in [0, 0.05) is 49.6 Å². The summed E-state index contributed by atoms with van der Waals surface area (Å²) in [7, 11) is 0. The van der Waals surface area contributed by atoms with Crippen LogP contribution in [0.2, 0.25) is 0 Å². The molecule has 0 radical (unpaired) electrons. The smallest absolute Gasteiger partial charge is 0.160 e. The highest BCUT2D eigenvalue weighted by molar-refractivity contribution is 6.20. The maximum Gasteiger partial charge on any atom is 0.160 e. The molecule has 10 aromatic carbocycles. The molecule has 0 unspecified atom stereocenters. The lowest BCUT2D eigenvalue weighted by Crippen LogP contribution is -2.02. The summed E-state index contributed by atoms with van der Waals surface area (Å²) in [5.74, 6) is 0.681. The van der Waals surface area contributed by atoms with Gasteiger partial charge < -0.3 is 9.13 Å². The van der Waals surface area contributed by atoms with E-state index in [0.29, 0.717) is 5.82 Å². The Morgan fingerprint density at radius 1 is 0.274 bits per heavy atom. The van der Waals surface area contributed by atoms with Crippen molar-refractivity contribution in [2.24, 2.45) is 0 Å². The summed E-state index contributed by atoms with van der Waals surface area (Å²) in [5.41, 5.74) is 11.5. The van der Waals surface area contributed by atoms with Crippen LogP contribution in [-0.2, 0) is 0 Å². The van der Waals surface area contributed by atoms with Crippen LogP contribution in [0.1, 0.15) is 0 Å². The first kappa shape index (κ1) is 34.5. The maximum atomic E-state index is 5.47. The summed E-state index contributed by atoms with van der Waals surface area (Å²) < 4.78 is 4.82. The largest absolute Gasteiger partial charge is 0.309 e. The molecule has 13 aromatic rings. The number of aromatic nitrogens is 4. The molecule has 4 nitrogen and oxygen atoms in total. The fourth-order valence-electron chi connectivity index (χ4n) is 9.94. The Kier molecular flexibility index (Phi) is 7.57. The first-order chi connectivity index (χ1) is 30.7. The predicted octanol–water partition coefficient (Wildman–Crippen LogP) is 15.1. The van der Waals surface area contributed by atoms with Gasteiger partial charge in [0.15, 0.2) is 5.82 Å². The number of benzene rings is 10. The zero-order chi connectivity index (χ0) is 40.7. The normalized spacial score (nSPS) is 11.9. The van der Waals surface area contributed by atoms with Crippen LogP contribution in [0.15, 0.2) is 218 Å². The van der Waals surface area contributed by atoms with E-state index in [-0.39, 0.29) is 0 Å². The highest BCUT2D eigenvalue weighted by atomic mass is 15.0. The van der Waals surface area contributed by atoms with Crippen molar-refractivity contribution in [2.75, 3.05) is 0 Å². The van der Waals surface area contributed by atoms with E-state index in [1.165, 1.54) is 43.1 Å². The van der Waals surface area contributed by atoms with Crippen molar-refractivity contribution in [1.82, 2.24) is 19.1 Å². The molecule has 0 saturated heterocycles. The van der Waals surface area contributed by atoms with Crippen molar-refractivity contribution in [3.63, 3.8) is 0 Å². The molecule has 0 fully saturated rings. The van der Waals surface area contributed by atoms with Crippen LogP contribution < -0.4 is 0 Å². The highest BCUT2D eigenvalue weighted by Gasteiger charge is 2.21. The lowest BCUT2D eigenvalue weighted by atomic mass is 9.91. The summed E-state index contributed by atoms with van der Waals surface area (Å²) in [6.45, 7) is 0. The number of para-hydroxylation sites is 4. The molecule has 3 heterocycles. The van der Waals surface area contributed by atoms with Crippen molar-refractivity contribution < 1.29 is 0 Å². The van der Waals surface area contributed by atoms with Crippen molar-refractivity contribution >= 4 is 75.9 Å². The monoisotopic (exact) mass is 788 g/mol. The maximum absolute atomic E-state index is 5.47. The average molecular weight is 789 g/mol. The molecule has 0 aliphatic heterocycles. The number of nitrogens with zero attached hydrogens (tertiary/aromatic N) is 4. The summed E-state index contributed by atoms with van der Waals surface area (Å²) in [5, 5.41) is 12.0. The molecule has 13 rings (SSSR count). The molecule has 0 atom stereocenters. The van der Waals surface area contributed by atoms with E-state index in [1.807, 2.05) is 6.07 Å². The second-order valence-corrected chi connectivity index (χ2v) is 16.2. The summed E-state index contributed by atoms with van der Waals surface area (Å²) in [6.07, 6.45) is 0. The Morgan fingerprint density at radius 3 is 1.32 bits per heavy atom. The predicted molar refractivity (Wildman–Crippen MR) is 260 cm³/mol. The number of fused-ring (bicyclic) bond motifs is 10. The Bertz CT molecular complexity index is 3690. The van der Waals surface area contributed by atoms with Crippen molar-refractivity contribution in [2.45, 2.75) is 0 Å². The van der Waals surface area contributed by atoms with Gasteiger partial charge in [0.25, 0.3) is 0 Å². The third kappa shape index (κ3) is 5.27. The molecule has 3 aromatic heterocycles.